The van der Waals surface area contributed by atoms with Gasteiger partial charge in [0.15, 0.2) is 0 Å². The Morgan fingerprint density at radius 2 is 1.67 bits per heavy atom. The molecule has 7 heteroatoms. The molecule has 0 radical (unpaired) electrons. The molecule has 1 aliphatic heterocycles. The maximum Gasteiger partial charge on any atom is 0.261 e. The molecule has 4 aromatic rings. The minimum Gasteiger partial charge on any atom is -0.326 e. The second kappa shape index (κ2) is 8.60. The molecule has 0 saturated carbocycles. The van der Waals surface area contributed by atoms with Crippen LogP contribution in [-0.4, -0.2) is 34.2 Å². The Bertz CT molecular complexity index is 1360. The van der Waals surface area contributed by atoms with E-state index in [0.717, 1.165) is 20.8 Å². The highest BCUT2D eigenvalue weighted by atomic mass is 32.1. The maximum absolute atomic E-state index is 12.4. The second-order valence-corrected chi connectivity index (χ2v) is 9.06. The van der Waals surface area contributed by atoms with E-state index in [1.807, 2.05) is 30.3 Å². The first-order chi connectivity index (χ1) is 16.0. The lowest BCUT2D eigenvalue weighted by molar-refractivity contribution is -0.116. The van der Waals surface area contributed by atoms with E-state index in [1.165, 1.54) is 10.5 Å². The number of hydrogen-bond donors (Lipinski definition) is 1. The third-order valence-electron chi connectivity index (χ3n) is 5.62. The topological polar surface area (TPSA) is 79.4 Å². The van der Waals surface area contributed by atoms with E-state index in [0.29, 0.717) is 23.2 Å². The molecule has 164 valence electrons. The monoisotopic (exact) mass is 455 g/mol. The lowest BCUT2D eigenvalue weighted by Crippen LogP contribution is -2.31. The number of benzene rings is 3. The van der Waals surface area contributed by atoms with Crippen molar-refractivity contribution in [2.75, 3.05) is 11.9 Å². The Morgan fingerprint density at radius 3 is 2.36 bits per heavy atom. The van der Waals surface area contributed by atoms with E-state index in [2.05, 4.69) is 24.4 Å². The van der Waals surface area contributed by atoms with E-state index in [1.54, 1.807) is 35.6 Å². The molecule has 3 aromatic carbocycles. The summed E-state index contributed by atoms with van der Waals surface area (Å²) in [4.78, 5) is 43.1. The molecule has 0 bridgehead atoms. The van der Waals surface area contributed by atoms with Gasteiger partial charge in [-0.05, 0) is 67.4 Å². The number of nitrogens with one attached hydrogen (secondary N) is 1. The van der Waals surface area contributed by atoms with Crippen LogP contribution in [-0.2, 0) is 4.79 Å². The fourth-order valence-electron chi connectivity index (χ4n) is 3.91. The minimum absolute atomic E-state index is 0.158. The lowest BCUT2D eigenvalue weighted by atomic mass is 10.1. The summed E-state index contributed by atoms with van der Waals surface area (Å²) in [5, 5.41) is 3.81. The molecular formula is C26H21N3O3S. The predicted octanol–water partition coefficient (Wildman–Crippen LogP) is 5.29. The van der Waals surface area contributed by atoms with Gasteiger partial charge in [-0.3, -0.25) is 19.3 Å². The highest BCUT2D eigenvalue weighted by Crippen LogP contribution is 2.31. The molecule has 0 atom stereocenters. The number of anilines is 1. The van der Waals surface area contributed by atoms with Crippen molar-refractivity contribution in [1.82, 2.24) is 9.88 Å². The third kappa shape index (κ3) is 4.15. The summed E-state index contributed by atoms with van der Waals surface area (Å²) in [5.41, 5.74) is 4.74. The normalized spacial score (nSPS) is 12.9. The number of thiazole rings is 1. The van der Waals surface area contributed by atoms with E-state index in [-0.39, 0.29) is 30.7 Å². The van der Waals surface area contributed by atoms with Gasteiger partial charge >= 0.3 is 0 Å². The average molecular weight is 456 g/mol. The standard InChI is InChI=1S/C26H21N3O3S/c1-16-8-13-21-22(15-16)33-24(28-21)17-9-11-18(12-10-17)27-23(30)7-4-14-29-25(31)19-5-2-3-6-20(19)26(29)32/h2-3,5-6,8-13,15H,4,7,14H2,1H3,(H,27,30). The predicted molar refractivity (Wildman–Crippen MR) is 129 cm³/mol. The highest BCUT2D eigenvalue weighted by Gasteiger charge is 2.34. The van der Waals surface area contributed by atoms with Crippen LogP contribution in [0.15, 0.2) is 66.7 Å². The first kappa shape index (κ1) is 21.0. The number of fused-ring (bicyclic) bond motifs is 2. The van der Waals surface area contributed by atoms with Crippen molar-refractivity contribution >= 4 is 45.0 Å². The van der Waals surface area contributed by atoms with Gasteiger partial charge < -0.3 is 5.32 Å². The van der Waals surface area contributed by atoms with Crippen LogP contribution in [0.1, 0.15) is 39.1 Å². The molecule has 0 unspecified atom stereocenters. The summed E-state index contributed by atoms with van der Waals surface area (Å²) in [5.74, 6) is -0.747. The van der Waals surface area contributed by atoms with Crippen molar-refractivity contribution in [3.8, 4) is 10.6 Å². The van der Waals surface area contributed by atoms with Gasteiger partial charge in [-0.1, -0.05) is 18.2 Å². The van der Waals surface area contributed by atoms with Crippen LogP contribution in [0, 0.1) is 6.92 Å². The summed E-state index contributed by atoms with van der Waals surface area (Å²) in [6.07, 6.45) is 0.618. The first-order valence-corrected chi connectivity index (χ1v) is 11.5. The number of amides is 3. The van der Waals surface area contributed by atoms with Gasteiger partial charge in [-0.15, -0.1) is 11.3 Å². The number of rotatable bonds is 6. The Kier molecular flexibility index (Phi) is 5.48. The number of carbonyl (C=O) groups is 3. The zero-order valence-corrected chi connectivity index (χ0v) is 18.8. The molecule has 1 N–H and O–H groups in total. The Hall–Kier alpha value is -3.84. The van der Waals surface area contributed by atoms with Crippen LogP contribution < -0.4 is 5.32 Å². The summed E-state index contributed by atoms with van der Waals surface area (Å²) < 4.78 is 1.15. The Balaban J connectivity index is 1.16. The molecule has 0 spiro atoms. The summed E-state index contributed by atoms with van der Waals surface area (Å²) in [6, 6.07) is 20.6. The molecule has 6 nitrogen and oxygen atoms in total. The average Bonchev–Trinajstić information content (AvgIpc) is 3.34. The van der Waals surface area contributed by atoms with Crippen LogP contribution in [0.3, 0.4) is 0 Å². The van der Waals surface area contributed by atoms with Crippen LogP contribution in [0.4, 0.5) is 5.69 Å². The third-order valence-corrected chi connectivity index (χ3v) is 6.69. The van der Waals surface area contributed by atoms with Gasteiger partial charge in [0.25, 0.3) is 11.8 Å². The van der Waals surface area contributed by atoms with E-state index < -0.39 is 0 Å². The van der Waals surface area contributed by atoms with Crippen molar-refractivity contribution in [3.05, 3.63) is 83.4 Å². The van der Waals surface area contributed by atoms with Crippen LogP contribution in [0.25, 0.3) is 20.8 Å². The molecule has 1 aliphatic rings. The van der Waals surface area contributed by atoms with E-state index in [4.69, 9.17) is 4.98 Å². The van der Waals surface area contributed by atoms with Gasteiger partial charge in [0.05, 0.1) is 21.3 Å². The van der Waals surface area contributed by atoms with Crippen molar-refractivity contribution < 1.29 is 14.4 Å². The van der Waals surface area contributed by atoms with Crippen LogP contribution in [0.2, 0.25) is 0 Å². The zero-order valence-electron chi connectivity index (χ0n) is 18.0. The van der Waals surface area contributed by atoms with Crippen molar-refractivity contribution in [1.29, 1.82) is 0 Å². The van der Waals surface area contributed by atoms with Gasteiger partial charge in [0.2, 0.25) is 5.91 Å². The number of nitrogens with zero attached hydrogens (tertiary/aromatic N) is 2. The molecule has 33 heavy (non-hydrogen) atoms. The van der Waals surface area contributed by atoms with Gasteiger partial charge in [0.1, 0.15) is 5.01 Å². The number of hydrogen-bond acceptors (Lipinski definition) is 5. The van der Waals surface area contributed by atoms with Gasteiger partial charge in [-0.2, -0.15) is 0 Å². The summed E-state index contributed by atoms with van der Waals surface area (Å²) in [7, 11) is 0. The number of carbonyl (C=O) groups excluding carboxylic acids is 3. The van der Waals surface area contributed by atoms with Crippen LogP contribution in [0.5, 0.6) is 0 Å². The number of imide groups is 1. The smallest absolute Gasteiger partial charge is 0.261 e. The highest BCUT2D eigenvalue weighted by molar-refractivity contribution is 7.21. The fraction of sp³-hybridized carbons (Fsp3) is 0.154. The minimum atomic E-state index is -0.295. The molecule has 5 rings (SSSR count). The fourth-order valence-corrected chi connectivity index (χ4v) is 4.98. The summed E-state index contributed by atoms with van der Waals surface area (Å²) in [6.45, 7) is 2.28. The maximum atomic E-state index is 12.4. The number of aromatic nitrogens is 1. The number of aryl methyl sites for hydroxylation is 1. The SMILES string of the molecule is Cc1ccc2nc(-c3ccc(NC(=O)CCCN4C(=O)c5ccccc5C4=O)cc3)sc2c1. The largest absolute Gasteiger partial charge is 0.326 e. The van der Waals surface area contributed by atoms with Crippen molar-refractivity contribution in [2.45, 2.75) is 19.8 Å². The van der Waals surface area contributed by atoms with E-state index in [9.17, 15) is 14.4 Å². The van der Waals surface area contributed by atoms with Crippen molar-refractivity contribution in [2.24, 2.45) is 0 Å². The summed E-state index contributed by atoms with van der Waals surface area (Å²) >= 11 is 1.65. The molecular weight excluding hydrogens is 434 g/mol. The van der Waals surface area contributed by atoms with Gasteiger partial charge in [0, 0.05) is 24.2 Å². The first-order valence-electron chi connectivity index (χ1n) is 10.7. The van der Waals surface area contributed by atoms with Crippen LogP contribution >= 0.6 is 11.3 Å². The Labute approximate surface area is 194 Å². The molecule has 0 aliphatic carbocycles. The van der Waals surface area contributed by atoms with E-state index >= 15 is 0 Å². The molecule has 0 saturated heterocycles. The zero-order chi connectivity index (χ0) is 22.9. The van der Waals surface area contributed by atoms with Crippen molar-refractivity contribution in [3.63, 3.8) is 0 Å². The molecule has 3 amide bonds. The lowest BCUT2D eigenvalue weighted by Gasteiger charge is -2.13. The molecule has 0 fully saturated rings. The molecule has 1 aromatic heterocycles. The quantitative estimate of drug-likeness (QED) is 0.401. The van der Waals surface area contributed by atoms with Gasteiger partial charge in [-0.25, -0.2) is 4.98 Å². The Morgan fingerprint density at radius 1 is 0.970 bits per heavy atom. The molecule has 2 heterocycles. The second-order valence-electron chi connectivity index (χ2n) is 8.03.